The first kappa shape index (κ1) is 19.2. The second-order valence-electron chi connectivity index (χ2n) is 5.61. The predicted octanol–water partition coefficient (Wildman–Crippen LogP) is 3.55. The van der Waals surface area contributed by atoms with Gasteiger partial charge in [-0.05, 0) is 60.5 Å². The van der Waals surface area contributed by atoms with E-state index in [2.05, 4.69) is 17.5 Å². The van der Waals surface area contributed by atoms with Crippen LogP contribution in [-0.2, 0) is 4.79 Å². The Hall–Kier alpha value is -3.15. The maximum Gasteiger partial charge on any atom is 0.343 e. The molecule has 0 radical (unpaired) electrons. The van der Waals surface area contributed by atoms with Crippen molar-refractivity contribution >= 4 is 18.1 Å². The van der Waals surface area contributed by atoms with E-state index in [4.69, 9.17) is 9.47 Å². The molecule has 2 rings (SSSR count). The van der Waals surface area contributed by atoms with Crippen LogP contribution in [0.15, 0.2) is 53.6 Å². The Morgan fingerprint density at radius 2 is 1.69 bits per heavy atom. The van der Waals surface area contributed by atoms with E-state index in [1.54, 1.807) is 48.5 Å². The average molecular weight is 354 g/mol. The first-order valence-corrected chi connectivity index (χ1v) is 8.43. The second-order valence-corrected chi connectivity index (χ2v) is 5.61. The number of nitrogens with zero attached hydrogens (tertiary/aromatic N) is 1. The molecule has 2 aromatic carbocycles. The highest BCUT2D eigenvalue weighted by atomic mass is 16.5. The van der Waals surface area contributed by atoms with Crippen LogP contribution >= 0.6 is 0 Å². The van der Waals surface area contributed by atoms with Crippen LogP contribution in [0.3, 0.4) is 0 Å². The Morgan fingerprint density at radius 1 is 1.04 bits per heavy atom. The molecule has 0 fully saturated rings. The Labute approximate surface area is 152 Å². The zero-order valence-corrected chi connectivity index (χ0v) is 14.9. The highest BCUT2D eigenvalue weighted by Gasteiger charge is 2.08. The molecule has 0 bridgehead atoms. The third-order valence-corrected chi connectivity index (χ3v) is 3.38. The maximum atomic E-state index is 12.2. The summed E-state index contributed by atoms with van der Waals surface area (Å²) in [5.41, 5.74) is 3.54. The van der Waals surface area contributed by atoms with Gasteiger partial charge in [-0.3, -0.25) is 4.79 Å². The molecule has 1 N–H and O–H groups in total. The number of unbranched alkanes of at least 4 members (excludes halogenated alkanes) is 1. The normalized spacial score (nSPS) is 10.5. The van der Waals surface area contributed by atoms with Crippen molar-refractivity contribution < 1.29 is 19.1 Å². The van der Waals surface area contributed by atoms with Crippen molar-refractivity contribution in [3.05, 3.63) is 59.7 Å². The largest absolute Gasteiger partial charge is 0.494 e. The first-order valence-electron chi connectivity index (χ1n) is 8.43. The Kier molecular flexibility index (Phi) is 7.36. The second kappa shape index (κ2) is 9.98. The monoisotopic (exact) mass is 354 g/mol. The molecule has 0 aliphatic carbocycles. The molecule has 0 unspecified atom stereocenters. The van der Waals surface area contributed by atoms with Crippen LogP contribution in [0.1, 0.15) is 42.6 Å². The molecular formula is C20H22N2O4. The molecule has 0 saturated carbocycles. The van der Waals surface area contributed by atoms with Gasteiger partial charge in [0.15, 0.2) is 0 Å². The van der Waals surface area contributed by atoms with Crippen molar-refractivity contribution in [3.8, 4) is 11.5 Å². The fourth-order valence-corrected chi connectivity index (χ4v) is 2.01. The summed E-state index contributed by atoms with van der Waals surface area (Å²) in [6.45, 7) is 4.15. The van der Waals surface area contributed by atoms with Crippen molar-refractivity contribution in [1.29, 1.82) is 0 Å². The van der Waals surface area contributed by atoms with Crippen molar-refractivity contribution in [3.63, 3.8) is 0 Å². The number of carbonyl (C=O) groups excluding carboxylic acids is 2. The van der Waals surface area contributed by atoms with Gasteiger partial charge in [-0.15, -0.1) is 0 Å². The smallest absolute Gasteiger partial charge is 0.343 e. The van der Waals surface area contributed by atoms with Gasteiger partial charge >= 0.3 is 5.97 Å². The van der Waals surface area contributed by atoms with Crippen LogP contribution in [0, 0.1) is 0 Å². The zero-order valence-electron chi connectivity index (χ0n) is 14.9. The number of hydrogen-bond donors (Lipinski definition) is 1. The number of amides is 1. The summed E-state index contributed by atoms with van der Waals surface area (Å²) in [7, 11) is 0. The van der Waals surface area contributed by atoms with E-state index < -0.39 is 5.97 Å². The van der Waals surface area contributed by atoms with E-state index in [0.29, 0.717) is 17.9 Å². The molecule has 26 heavy (non-hydrogen) atoms. The summed E-state index contributed by atoms with van der Waals surface area (Å²) >= 11 is 0. The fourth-order valence-electron chi connectivity index (χ4n) is 2.01. The van der Waals surface area contributed by atoms with Gasteiger partial charge in [-0.1, -0.05) is 13.3 Å². The van der Waals surface area contributed by atoms with E-state index >= 15 is 0 Å². The summed E-state index contributed by atoms with van der Waals surface area (Å²) in [6, 6.07) is 13.7. The lowest BCUT2D eigenvalue weighted by Crippen LogP contribution is -2.12. The van der Waals surface area contributed by atoms with Gasteiger partial charge < -0.3 is 9.47 Å². The summed E-state index contributed by atoms with van der Waals surface area (Å²) in [5, 5.41) is 3.77. The van der Waals surface area contributed by atoms with Crippen LogP contribution in [0.4, 0.5) is 0 Å². The molecule has 2 aromatic rings. The minimum atomic E-state index is -0.440. The minimum Gasteiger partial charge on any atom is -0.494 e. The standard InChI is InChI=1S/C20H22N2O4/c1-3-4-13-25-18-11-7-17(8-12-18)20(24)26-19-9-5-16(6-10-19)14-21-22-15(2)23/h5-12,14H,3-4,13H2,1-2H3,(H,22,23). The predicted molar refractivity (Wildman–Crippen MR) is 99.7 cm³/mol. The number of ether oxygens (including phenoxy) is 2. The average Bonchev–Trinajstić information content (AvgIpc) is 2.63. The molecule has 0 heterocycles. The molecule has 0 aliphatic heterocycles. The van der Waals surface area contributed by atoms with E-state index in [9.17, 15) is 9.59 Å². The fraction of sp³-hybridized carbons (Fsp3) is 0.250. The van der Waals surface area contributed by atoms with Crippen LogP contribution in [-0.4, -0.2) is 24.7 Å². The summed E-state index contributed by atoms with van der Waals surface area (Å²) in [4.78, 5) is 22.9. The number of esters is 1. The number of benzene rings is 2. The summed E-state index contributed by atoms with van der Waals surface area (Å²) in [5.74, 6) is 0.478. The van der Waals surface area contributed by atoms with Gasteiger partial charge in [0.1, 0.15) is 11.5 Å². The first-order chi connectivity index (χ1) is 12.6. The molecule has 0 atom stereocenters. The summed E-state index contributed by atoms with van der Waals surface area (Å²) in [6.07, 6.45) is 3.57. The lowest BCUT2D eigenvalue weighted by atomic mass is 10.2. The third-order valence-electron chi connectivity index (χ3n) is 3.38. The Bertz CT molecular complexity index is 752. The molecule has 0 saturated heterocycles. The van der Waals surface area contributed by atoms with Crippen molar-refractivity contribution in [1.82, 2.24) is 5.43 Å². The van der Waals surface area contributed by atoms with Gasteiger partial charge in [-0.2, -0.15) is 5.10 Å². The van der Waals surface area contributed by atoms with Gasteiger partial charge in [0.05, 0.1) is 18.4 Å². The molecule has 136 valence electrons. The molecule has 0 spiro atoms. The topological polar surface area (TPSA) is 77.0 Å². The van der Waals surface area contributed by atoms with Crippen LogP contribution < -0.4 is 14.9 Å². The SMILES string of the molecule is CCCCOc1ccc(C(=O)Oc2ccc(C=NNC(C)=O)cc2)cc1. The molecule has 0 aromatic heterocycles. The van der Waals surface area contributed by atoms with Gasteiger partial charge in [0, 0.05) is 6.92 Å². The molecule has 6 heteroatoms. The molecule has 1 amide bonds. The zero-order chi connectivity index (χ0) is 18.8. The van der Waals surface area contributed by atoms with E-state index in [0.717, 1.165) is 24.2 Å². The lowest BCUT2D eigenvalue weighted by Gasteiger charge is -2.07. The quantitative estimate of drug-likeness (QED) is 0.259. The molecule has 0 aliphatic rings. The maximum absolute atomic E-state index is 12.2. The number of rotatable bonds is 8. The highest BCUT2D eigenvalue weighted by molar-refractivity contribution is 5.91. The highest BCUT2D eigenvalue weighted by Crippen LogP contribution is 2.16. The van der Waals surface area contributed by atoms with Crippen molar-refractivity contribution in [2.75, 3.05) is 6.61 Å². The molecule has 6 nitrogen and oxygen atoms in total. The van der Waals surface area contributed by atoms with Gasteiger partial charge in [0.25, 0.3) is 0 Å². The van der Waals surface area contributed by atoms with E-state index in [1.165, 1.54) is 13.1 Å². The Morgan fingerprint density at radius 3 is 2.31 bits per heavy atom. The number of carbonyl (C=O) groups is 2. The van der Waals surface area contributed by atoms with Crippen molar-refractivity contribution in [2.45, 2.75) is 26.7 Å². The van der Waals surface area contributed by atoms with E-state index in [1.807, 2.05) is 0 Å². The minimum absolute atomic E-state index is 0.242. The van der Waals surface area contributed by atoms with Crippen molar-refractivity contribution in [2.24, 2.45) is 5.10 Å². The number of hydrazone groups is 1. The van der Waals surface area contributed by atoms with Crippen LogP contribution in [0.5, 0.6) is 11.5 Å². The van der Waals surface area contributed by atoms with Crippen LogP contribution in [0.2, 0.25) is 0 Å². The van der Waals surface area contributed by atoms with Gasteiger partial charge in [-0.25, -0.2) is 10.2 Å². The third kappa shape index (κ3) is 6.39. The van der Waals surface area contributed by atoms with E-state index in [-0.39, 0.29) is 5.91 Å². The van der Waals surface area contributed by atoms with Crippen LogP contribution in [0.25, 0.3) is 0 Å². The Balaban J connectivity index is 1.90. The number of nitrogens with one attached hydrogen (secondary N) is 1. The summed E-state index contributed by atoms with van der Waals surface area (Å²) < 4.78 is 10.9. The lowest BCUT2D eigenvalue weighted by molar-refractivity contribution is -0.118. The molecular weight excluding hydrogens is 332 g/mol. The number of hydrogen-bond acceptors (Lipinski definition) is 5. The van der Waals surface area contributed by atoms with Gasteiger partial charge in [0.2, 0.25) is 5.91 Å².